The summed E-state index contributed by atoms with van der Waals surface area (Å²) in [6.45, 7) is 1.91. The monoisotopic (exact) mass is 380 g/mol. The van der Waals surface area contributed by atoms with Gasteiger partial charge in [-0.3, -0.25) is 9.59 Å². The second kappa shape index (κ2) is 6.86. The van der Waals surface area contributed by atoms with Crippen LogP contribution in [0.25, 0.3) is 10.9 Å². The number of halogens is 1. The van der Waals surface area contributed by atoms with Gasteiger partial charge in [-0.25, -0.2) is 0 Å². The normalized spacial score (nSPS) is 15.8. The summed E-state index contributed by atoms with van der Waals surface area (Å²) >= 11 is 6.02. The van der Waals surface area contributed by atoms with Crippen LogP contribution in [0.2, 0.25) is 5.02 Å². The van der Waals surface area contributed by atoms with Crippen LogP contribution in [-0.2, 0) is 10.2 Å². The molecule has 1 aliphatic rings. The third-order valence-corrected chi connectivity index (χ3v) is 5.85. The summed E-state index contributed by atoms with van der Waals surface area (Å²) in [5.41, 5.74) is 2.67. The summed E-state index contributed by atoms with van der Waals surface area (Å²) in [4.78, 5) is 27.9. The molecule has 0 unspecified atom stereocenters. The lowest BCUT2D eigenvalue weighted by Crippen LogP contribution is -2.38. The van der Waals surface area contributed by atoms with Gasteiger partial charge in [0.05, 0.1) is 10.9 Å². The highest BCUT2D eigenvalue weighted by molar-refractivity contribution is 6.30. The second-order valence-corrected chi connectivity index (χ2v) is 7.76. The number of hydrogen-bond donors (Lipinski definition) is 2. The van der Waals surface area contributed by atoms with Crippen molar-refractivity contribution in [3.8, 4) is 0 Å². The molecular weight excluding hydrogens is 360 g/mol. The molecular formula is C22H21ClN2O2. The minimum atomic E-state index is -0.528. The first-order chi connectivity index (χ1) is 13.0. The standard InChI is InChI=1S/C22H21ClN2O2/c1-14-12-20(26)25-19-13-17(8-9-18(14)19)24-21(27)22(10-2-3-11-22)15-4-6-16(23)7-5-15/h4-9,12-13H,2-3,10-11H2,1H3,(H,24,27)(H,25,26). The molecule has 1 saturated carbocycles. The third kappa shape index (κ3) is 3.26. The Balaban J connectivity index is 1.68. The van der Waals surface area contributed by atoms with E-state index in [1.54, 1.807) is 6.07 Å². The molecule has 4 nitrogen and oxygen atoms in total. The number of carbonyl (C=O) groups is 1. The molecule has 2 N–H and O–H groups in total. The van der Waals surface area contributed by atoms with Gasteiger partial charge in [0.1, 0.15) is 0 Å². The topological polar surface area (TPSA) is 62.0 Å². The van der Waals surface area contributed by atoms with Gasteiger partial charge in [0.25, 0.3) is 0 Å². The van der Waals surface area contributed by atoms with E-state index in [-0.39, 0.29) is 11.5 Å². The summed E-state index contributed by atoms with van der Waals surface area (Å²) in [6, 6.07) is 14.8. The molecule has 0 atom stereocenters. The number of aryl methyl sites for hydroxylation is 1. The minimum absolute atomic E-state index is 0.00308. The number of aromatic amines is 1. The van der Waals surface area contributed by atoms with Crippen molar-refractivity contribution in [3.63, 3.8) is 0 Å². The smallest absolute Gasteiger partial charge is 0.248 e. The van der Waals surface area contributed by atoms with E-state index in [2.05, 4.69) is 10.3 Å². The van der Waals surface area contributed by atoms with E-state index in [1.807, 2.05) is 49.4 Å². The third-order valence-electron chi connectivity index (χ3n) is 5.60. The Labute approximate surface area is 162 Å². The van der Waals surface area contributed by atoms with Crippen LogP contribution in [0.3, 0.4) is 0 Å². The van der Waals surface area contributed by atoms with Gasteiger partial charge in [-0.1, -0.05) is 42.6 Å². The summed E-state index contributed by atoms with van der Waals surface area (Å²) in [7, 11) is 0. The van der Waals surface area contributed by atoms with Crippen LogP contribution in [0.1, 0.15) is 36.8 Å². The zero-order valence-corrected chi connectivity index (χ0v) is 15.9. The van der Waals surface area contributed by atoms with Crippen molar-refractivity contribution in [2.45, 2.75) is 38.0 Å². The number of carbonyl (C=O) groups excluding carboxylic acids is 1. The summed E-state index contributed by atoms with van der Waals surface area (Å²) in [6.07, 6.45) is 3.70. The van der Waals surface area contributed by atoms with Crippen LogP contribution in [0.15, 0.2) is 53.3 Å². The molecule has 1 aliphatic carbocycles. The van der Waals surface area contributed by atoms with E-state index < -0.39 is 5.41 Å². The van der Waals surface area contributed by atoms with Crippen molar-refractivity contribution in [1.29, 1.82) is 0 Å². The summed E-state index contributed by atoms with van der Waals surface area (Å²) in [5, 5.41) is 4.72. The molecule has 27 heavy (non-hydrogen) atoms. The molecule has 0 aliphatic heterocycles. The van der Waals surface area contributed by atoms with Crippen molar-refractivity contribution in [3.05, 3.63) is 75.0 Å². The van der Waals surface area contributed by atoms with Crippen molar-refractivity contribution in [1.82, 2.24) is 4.98 Å². The number of pyridine rings is 1. The summed E-state index contributed by atoms with van der Waals surface area (Å²) in [5.74, 6) is -0.00308. The van der Waals surface area contributed by atoms with Crippen LogP contribution in [0, 0.1) is 6.92 Å². The molecule has 3 aromatic rings. The maximum Gasteiger partial charge on any atom is 0.248 e. The lowest BCUT2D eigenvalue weighted by atomic mass is 9.78. The number of nitrogens with one attached hydrogen (secondary N) is 2. The van der Waals surface area contributed by atoms with Gasteiger partial charge in [0.15, 0.2) is 0 Å². The van der Waals surface area contributed by atoms with Gasteiger partial charge >= 0.3 is 0 Å². The van der Waals surface area contributed by atoms with E-state index in [0.29, 0.717) is 10.7 Å². The molecule has 0 saturated heterocycles. The largest absolute Gasteiger partial charge is 0.325 e. The zero-order chi connectivity index (χ0) is 19.0. The molecule has 2 aromatic carbocycles. The first kappa shape index (κ1) is 17.8. The molecule has 1 aromatic heterocycles. The van der Waals surface area contributed by atoms with Crippen LogP contribution >= 0.6 is 11.6 Å². The van der Waals surface area contributed by atoms with Gasteiger partial charge < -0.3 is 10.3 Å². The number of benzene rings is 2. The number of anilines is 1. The van der Waals surface area contributed by atoms with Crippen molar-refractivity contribution in [2.75, 3.05) is 5.32 Å². The first-order valence-electron chi connectivity index (χ1n) is 9.19. The number of aromatic nitrogens is 1. The fourth-order valence-corrected chi connectivity index (χ4v) is 4.28. The van der Waals surface area contributed by atoms with Crippen molar-refractivity contribution < 1.29 is 4.79 Å². The molecule has 1 fully saturated rings. The van der Waals surface area contributed by atoms with Gasteiger partial charge in [-0.05, 0) is 55.2 Å². The lowest BCUT2D eigenvalue weighted by Gasteiger charge is -2.28. The van der Waals surface area contributed by atoms with E-state index in [0.717, 1.165) is 47.7 Å². The van der Waals surface area contributed by atoms with Gasteiger partial charge in [0, 0.05) is 22.2 Å². The molecule has 0 spiro atoms. The molecule has 5 heteroatoms. The van der Waals surface area contributed by atoms with Gasteiger partial charge in [-0.15, -0.1) is 0 Å². The number of H-pyrrole nitrogens is 1. The first-order valence-corrected chi connectivity index (χ1v) is 9.57. The second-order valence-electron chi connectivity index (χ2n) is 7.33. The maximum absolute atomic E-state index is 13.3. The Morgan fingerprint density at radius 3 is 2.48 bits per heavy atom. The molecule has 0 bridgehead atoms. The predicted octanol–water partition coefficient (Wildman–Crippen LogP) is 4.94. The van der Waals surface area contributed by atoms with Gasteiger partial charge in [0.2, 0.25) is 11.5 Å². The maximum atomic E-state index is 13.3. The average molecular weight is 381 g/mol. The Kier molecular flexibility index (Phi) is 4.52. The van der Waals surface area contributed by atoms with E-state index >= 15 is 0 Å². The molecule has 1 heterocycles. The van der Waals surface area contributed by atoms with E-state index in [4.69, 9.17) is 11.6 Å². The van der Waals surface area contributed by atoms with Crippen LogP contribution in [0.4, 0.5) is 5.69 Å². The Morgan fingerprint density at radius 2 is 1.78 bits per heavy atom. The quantitative estimate of drug-likeness (QED) is 0.676. The highest BCUT2D eigenvalue weighted by Crippen LogP contribution is 2.42. The number of amides is 1. The Hall–Kier alpha value is -2.59. The SMILES string of the molecule is Cc1cc(=O)[nH]c2cc(NC(=O)C3(c4ccc(Cl)cc4)CCCC3)ccc12. The zero-order valence-electron chi connectivity index (χ0n) is 15.1. The summed E-state index contributed by atoms with van der Waals surface area (Å²) < 4.78 is 0. The van der Waals surface area contributed by atoms with Crippen molar-refractivity contribution >= 4 is 34.1 Å². The van der Waals surface area contributed by atoms with Crippen LogP contribution in [-0.4, -0.2) is 10.9 Å². The number of fused-ring (bicyclic) bond motifs is 1. The molecule has 138 valence electrons. The number of hydrogen-bond acceptors (Lipinski definition) is 2. The molecule has 0 radical (unpaired) electrons. The Bertz CT molecular complexity index is 1060. The highest BCUT2D eigenvalue weighted by Gasteiger charge is 2.42. The molecule has 1 amide bonds. The lowest BCUT2D eigenvalue weighted by molar-refractivity contribution is -0.121. The van der Waals surface area contributed by atoms with Gasteiger partial charge in [-0.2, -0.15) is 0 Å². The van der Waals surface area contributed by atoms with E-state index in [1.165, 1.54) is 0 Å². The minimum Gasteiger partial charge on any atom is -0.325 e. The fraction of sp³-hybridized carbons (Fsp3) is 0.273. The average Bonchev–Trinajstić information content (AvgIpc) is 3.13. The fourth-order valence-electron chi connectivity index (χ4n) is 4.16. The number of rotatable bonds is 3. The highest BCUT2D eigenvalue weighted by atomic mass is 35.5. The van der Waals surface area contributed by atoms with E-state index in [9.17, 15) is 9.59 Å². The van der Waals surface area contributed by atoms with Crippen LogP contribution in [0.5, 0.6) is 0 Å². The van der Waals surface area contributed by atoms with Crippen molar-refractivity contribution in [2.24, 2.45) is 0 Å². The molecule has 4 rings (SSSR count). The van der Waals surface area contributed by atoms with Crippen LogP contribution < -0.4 is 10.9 Å². The predicted molar refractivity (Wildman–Crippen MR) is 110 cm³/mol. The Morgan fingerprint density at radius 1 is 1.07 bits per heavy atom.